The first kappa shape index (κ1) is 19.3. The number of hydrogen-bond donors (Lipinski definition) is 1. The lowest BCUT2D eigenvalue weighted by atomic mass is 10.2. The lowest BCUT2D eigenvalue weighted by Crippen LogP contribution is -2.41. The quantitative estimate of drug-likeness (QED) is 0.710. The van der Waals surface area contributed by atoms with Crippen molar-refractivity contribution < 1.29 is 17.6 Å². The van der Waals surface area contributed by atoms with Crippen molar-refractivity contribution in [1.82, 2.24) is 5.32 Å². The molecule has 0 saturated heterocycles. The maximum absolute atomic E-state index is 12.2. The van der Waals surface area contributed by atoms with Crippen molar-refractivity contribution in [3.8, 4) is 0 Å². The van der Waals surface area contributed by atoms with Crippen molar-refractivity contribution in [1.29, 1.82) is 0 Å². The van der Waals surface area contributed by atoms with Crippen molar-refractivity contribution in [2.45, 2.75) is 19.8 Å². The monoisotopic (exact) mass is 384 g/mol. The van der Waals surface area contributed by atoms with Crippen molar-refractivity contribution >= 4 is 33.2 Å². The molecule has 0 spiro atoms. The molecule has 0 aliphatic rings. The van der Waals surface area contributed by atoms with E-state index < -0.39 is 10.0 Å². The predicted octanol–water partition coefficient (Wildman–Crippen LogP) is 2.76. The van der Waals surface area contributed by atoms with Crippen LogP contribution in [0, 0.1) is 6.92 Å². The van der Waals surface area contributed by atoms with Gasteiger partial charge in [0, 0.05) is 18.0 Å². The molecular formula is C17H21ClN2O4S. The summed E-state index contributed by atoms with van der Waals surface area (Å²) in [6, 6.07) is 8.62. The van der Waals surface area contributed by atoms with Gasteiger partial charge in [0.15, 0.2) is 0 Å². The Morgan fingerprint density at radius 1 is 1.32 bits per heavy atom. The van der Waals surface area contributed by atoms with Gasteiger partial charge in [-0.2, -0.15) is 0 Å². The number of furan rings is 1. The molecule has 0 atom stereocenters. The molecule has 1 aromatic heterocycles. The molecule has 8 heteroatoms. The van der Waals surface area contributed by atoms with Gasteiger partial charge in [0.1, 0.15) is 12.3 Å². The van der Waals surface area contributed by atoms with Crippen LogP contribution in [-0.4, -0.2) is 33.7 Å². The number of rotatable bonds is 8. The minimum atomic E-state index is -3.62. The molecule has 1 amide bonds. The van der Waals surface area contributed by atoms with Crippen LogP contribution in [0.1, 0.15) is 17.7 Å². The number of nitrogens with zero attached hydrogens (tertiary/aromatic N) is 1. The van der Waals surface area contributed by atoms with Crippen LogP contribution in [0.4, 0.5) is 5.69 Å². The third kappa shape index (κ3) is 5.79. The zero-order valence-corrected chi connectivity index (χ0v) is 15.7. The number of hydrogen-bond acceptors (Lipinski definition) is 4. The fraction of sp³-hybridized carbons (Fsp3) is 0.353. The first-order valence-corrected chi connectivity index (χ1v) is 10.0. The van der Waals surface area contributed by atoms with Crippen LogP contribution in [0.5, 0.6) is 0 Å². The zero-order valence-electron chi connectivity index (χ0n) is 14.2. The molecule has 136 valence electrons. The van der Waals surface area contributed by atoms with Crippen LogP contribution >= 0.6 is 11.6 Å². The average molecular weight is 385 g/mol. The fourth-order valence-corrected chi connectivity index (χ4v) is 3.44. The highest BCUT2D eigenvalue weighted by Crippen LogP contribution is 2.26. The van der Waals surface area contributed by atoms with Gasteiger partial charge in [-0.1, -0.05) is 17.7 Å². The number of benzene rings is 1. The summed E-state index contributed by atoms with van der Waals surface area (Å²) in [5.74, 6) is 0.478. The molecule has 1 heterocycles. The lowest BCUT2D eigenvalue weighted by Gasteiger charge is -2.23. The Balaban J connectivity index is 1.97. The van der Waals surface area contributed by atoms with E-state index in [4.69, 9.17) is 16.0 Å². The molecule has 0 fully saturated rings. The Hall–Kier alpha value is -1.99. The third-order valence-electron chi connectivity index (χ3n) is 3.63. The minimum absolute atomic E-state index is 0.291. The van der Waals surface area contributed by atoms with E-state index in [2.05, 4.69) is 5.32 Å². The maximum atomic E-state index is 12.2. The summed E-state index contributed by atoms with van der Waals surface area (Å²) in [5.41, 5.74) is 1.13. The van der Waals surface area contributed by atoms with Gasteiger partial charge >= 0.3 is 0 Å². The van der Waals surface area contributed by atoms with Gasteiger partial charge in [0.2, 0.25) is 15.9 Å². The summed E-state index contributed by atoms with van der Waals surface area (Å²) in [7, 11) is -3.62. The van der Waals surface area contributed by atoms with E-state index in [1.165, 1.54) is 0 Å². The first-order valence-electron chi connectivity index (χ1n) is 7.80. The topological polar surface area (TPSA) is 79.6 Å². The first-order chi connectivity index (χ1) is 11.8. The van der Waals surface area contributed by atoms with E-state index in [0.717, 1.165) is 21.9 Å². The Morgan fingerprint density at radius 2 is 2.08 bits per heavy atom. The van der Waals surface area contributed by atoms with Crippen LogP contribution in [0.2, 0.25) is 5.02 Å². The number of carbonyl (C=O) groups excluding carboxylic acids is 1. The molecule has 0 aliphatic heterocycles. The minimum Gasteiger partial charge on any atom is -0.469 e. The predicted molar refractivity (Wildman–Crippen MR) is 98.4 cm³/mol. The van der Waals surface area contributed by atoms with Crippen LogP contribution in [0.25, 0.3) is 0 Å². The van der Waals surface area contributed by atoms with Crippen LogP contribution in [0.3, 0.4) is 0 Å². The average Bonchev–Trinajstić information content (AvgIpc) is 3.04. The molecule has 0 aliphatic carbocycles. The van der Waals surface area contributed by atoms with Gasteiger partial charge in [-0.25, -0.2) is 8.42 Å². The lowest BCUT2D eigenvalue weighted by molar-refractivity contribution is -0.119. The van der Waals surface area contributed by atoms with E-state index in [-0.39, 0.29) is 12.5 Å². The molecule has 1 N–H and O–H groups in total. The third-order valence-corrected chi connectivity index (χ3v) is 4.99. The van der Waals surface area contributed by atoms with E-state index in [1.807, 2.05) is 12.1 Å². The number of anilines is 1. The van der Waals surface area contributed by atoms with Crippen molar-refractivity contribution in [3.05, 3.63) is 52.9 Å². The van der Waals surface area contributed by atoms with Crippen LogP contribution in [0.15, 0.2) is 41.0 Å². The number of aryl methyl sites for hydroxylation is 2. The number of amides is 1. The van der Waals surface area contributed by atoms with Crippen LogP contribution < -0.4 is 9.62 Å². The van der Waals surface area contributed by atoms with Gasteiger partial charge in [-0.3, -0.25) is 9.10 Å². The van der Waals surface area contributed by atoms with Crippen molar-refractivity contribution in [3.63, 3.8) is 0 Å². The number of carbonyl (C=O) groups is 1. The van der Waals surface area contributed by atoms with Crippen molar-refractivity contribution in [2.75, 3.05) is 23.7 Å². The maximum Gasteiger partial charge on any atom is 0.240 e. The zero-order chi connectivity index (χ0) is 18.4. The molecule has 0 bridgehead atoms. The Morgan fingerprint density at radius 3 is 2.72 bits per heavy atom. The normalized spacial score (nSPS) is 11.3. The standard InChI is InChI=1S/C17H21ClN2O4S/c1-13-7-8-14(18)11-16(13)20(25(2,22)23)12-17(21)19-9-3-5-15-6-4-10-24-15/h4,6-8,10-11H,3,5,9,12H2,1-2H3,(H,19,21). The highest BCUT2D eigenvalue weighted by atomic mass is 35.5. The summed E-state index contributed by atoms with van der Waals surface area (Å²) in [4.78, 5) is 12.2. The van der Waals surface area contributed by atoms with Crippen molar-refractivity contribution in [2.24, 2.45) is 0 Å². The second-order valence-electron chi connectivity index (χ2n) is 5.73. The van der Waals surface area contributed by atoms with E-state index in [9.17, 15) is 13.2 Å². The largest absolute Gasteiger partial charge is 0.469 e. The molecule has 0 radical (unpaired) electrons. The van der Waals surface area contributed by atoms with E-state index in [1.54, 1.807) is 31.4 Å². The van der Waals surface area contributed by atoms with Gasteiger partial charge in [0.25, 0.3) is 0 Å². The molecule has 1 aromatic carbocycles. The fourth-order valence-electron chi connectivity index (χ4n) is 2.36. The summed E-state index contributed by atoms with van der Waals surface area (Å²) < 4.78 is 30.5. The SMILES string of the molecule is Cc1ccc(Cl)cc1N(CC(=O)NCCCc1ccco1)S(C)(=O)=O. The van der Waals surface area contributed by atoms with Gasteiger partial charge in [-0.05, 0) is 43.2 Å². The van der Waals surface area contributed by atoms with Gasteiger partial charge in [0.05, 0.1) is 18.2 Å². The Labute approximate surface area is 152 Å². The number of sulfonamides is 1. The van der Waals surface area contributed by atoms with E-state index in [0.29, 0.717) is 30.1 Å². The molecule has 0 saturated carbocycles. The number of halogens is 1. The molecule has 6 nitrogen and oxygen atoms in total. The molecule has 25 heavy (non-hydrogen) atoms. The molecule has 2 aromatic rings. The second-order valence-corrected chi connectivity index (χ2v) is 8.08. The second kappa shape index (κ2) is 8.40. The Kier molecular flexibility index (Phi) is 6.50. The van der Waals surface area contributed by atoms with Gasteiger partial charge in [-0.15, -0.1) is 0 Å². The van der Waals surface area contributed by atoms with Gasteiger partial charge < -0.3 is 9.73 Å². The molecule has 2 rings (SSSR count). The molecular weight excluding hydrogens is 364 g/mol. The Bertz CT molecular complexity index is 819. The highest BCUT2D eigenvalue weighted by molar-refractivity contribution is 7.92. The summed E-state index contributed by atoms with van der Waals surface area (Å²) in [5, 5.41) is 3.14. The number of nitrogens with one attached hydrogen (secondary N) is 1. The summed E-state index contributed by atoms with van der Waals surface area (Å²) in [6.45, 7) is 1.91. The smallest absolute Gasteiger partial charge is 0.240 e. The van der Waals surface area contributed by atoms with Crippen LogP contribution in [-0.2, 0) is 21.2 Å². The highest BCUT2D eigenvalue weighted by Gasteiger charge is 2.22. The summed E-state index contributed by atoms with van der Waals surface area (Å²) in [6.07, 6.45) is 4.08. The van der Waals surface area contributed by atoms with E-state index >= 15 is 0 Å². The summed E-state index contributed by atoms with van der Waals surface area (Å²) >= 11 is 5.97. The molecule has 0 unspecified atom stereocenters.